The van der Waals surface area contributed by atoms with E-state index in [1.165, 1.54) is 48.7 Å². The fraction of sp³-hybridized carbons (Fsp3) is 0.0312. The molecule has 0 saturated carbocycles. The van der Waals surface area contributed by atoms with E-state index in [9.17, 15) is 5.26 Å². The lowest BCUT2D eigenvalue weighted by atomic mass is 9.67. The van der Waals surface area contributed by atoms with Gasteiger partial charge in [-0.25, -0.2) is 0 Å². The van der Waals surface area contributed by atoms with E-state index in [2.05, 4.69) is 84.9 Å². The molecule has 5 aromatic rings. The van der Waals surface area contributed by atoms with E-state index < -0.39 is 5.41 Å². The molecule has 0 saturated heterocycles. The van der Waals surface area contributed by atoms with Crippen LogP contribution in [0.3, 0.4) is 0 Å². The zero-order valence-corrected chi connectivity index (χ0v) is 20.2. The van der Waals surface area contributed by atoms with Crippen molar-refractivity contribution < 1.29 is 0 Å². The zero-order chi connectivity index (χ0) is 23.6. The van der Waals surface area contributed by atoms with Crippen LogP contribution in [0.5, 0.6) is 0 Å². The number of hydrogen-bond donors (Lipinski definition) is 0. The highest BCUT2D eigenvalue weighted by Crippen LogP contribution is 2.63. The average molecular weight is 484 g/mol. The van der Waals surface area contributed by atoms with Crippen molar-refractivity contribution in [1.29, 1.82) is 5.26 Å². The molecule has 0 amide bonds. The van der Waals surface area contributed by atoms with Gasteiger partial charge >= 0.3 is 0 Å². The first-order chi connectivity index (χ1) is 17.2. The molecular weight excluding hydrogens is 466 g/mol. The normalized spacial score (nSPS) is 13.9. The third-order valence-electron chi connectivity index (χ3n) is 7.25. The maximum Gasteiger partial charge on any atom is 0.0991 e. The summed E-state index contributed by atoms with van der Waals surface area (Å²) in [5.74, 6) is 0. The highest BCUT2D eigenvalue weighted by molar-refractivity contribution is 7.99. The Labute approximate surface area is 213 Å². The number of rotatable bonds is 1. The Morgan fingerprint density at radius 1 is 0.629 bits per heavy atom. The second-order valence-electron chi connectivity index (χ2n) is 8.95. The Morgan fingerprint density at radius 2 is 1.29 bits per heavy atom. The van der Waals surface area contributed by atoms with Crippen LogP contribution in [-0.4, -0.2) is 0 Å². The number of fused-ring (bicyclic) bond motifs is 9. The average Bonchev–Trinajstić information content (AvgIpc) is 3.19. The largest absolute Gasteiger partial charge is 0.192 e. The minimum Gasteiger partial charge on any atom is -0.192 e. The molecule has 3 heteroatoms. The third kappa shape index (κ3) is 2.77. The molecule has 1 heterocycles. The van der Waals surface area contributed by atoms with Gasteiger partial charge in [-0.15, -0.1) is 0 Å². The van der Waals surface area contributed by atoms with Gasteiger partial charge in [0.15, 0.2) is 0 Å². The van der Waals surface area contributed by atoms with Crippen LogP contribution in [0.2, 0.25) is 5.02 Å². The molecule has 0 unspecified atom stereocenters. The van der Waals surface area contributed by atoms with Gasteiger partial charge < -0.3 is 0 Å². The van der Waals surface area contributed by atoms with Crippen molar-refractivity contribution in [2.24, 2.45) is 0 Å². The molecule has 164 valence electrons. The van der Waals surface area contributed by atoms with Crippen LogP contribution in [-0.2, 0) is 5.41 Å². The fourth-order valence-corrected chi connectivity index (χ4v) is 7.25. The van der Waals surface area contributed by atoms with Crippen molar-refractivity contribution in [2.75, 3.05) is 0 Å². The molecule has 5 aromatic carbocycles. The molecule has 1 aliphatic carbocycles. The van der Waals surface area contributed by atoms with Crippen molar-refractivity contribution in [3.8, 4) is 28.3 Å². The molecule has 0 bridgehead atoms. The molecular formula is C32H18ClNS. The summed E-state index contributed by atoms with van der Waals surface area (Å²) < 4.78 is 0. The van der Waals surface area contributed by atoms with Gasteiger partial charge in [0.2, 0.25) is 0 Å². The molecule has 0 aromatic heterocycles. The Hall–Kier alpha value is -3.77. The van der Waals surface area contributed by atoms with E-state index in [4.69, 9.17) is 11.6 Å². The first kappa shape index (κ1) is 20.6. The Morgan fingerprint density at radius 3 is 1.97 bits per heavy atom. The second kappa shape index (κ2) is 7.62. The van der Waals surface area contributed by atoms with Gasteiger partial charge in [-0.1, -0.05) is 96.2 Å². The standard InChI is InChI=1S/C32H18ClNS/c33-22-16-17-24-28(18-22)32(25-7-1-3-10-29(25)35-30-11-4-2-8-26(30)32)27-9-5-6-23(31(24)27)21-14-12-20(19-34)13-15-21/h1-18H. The lowest BCUT2D eigenvalue weighted by Gasteiger charge is -2.39. The van der Waals surface area contributed by atoms with Crippen LogP contribution in [0.1, 0.15) is 27.8 Å². The highest BCUT2D eigenvalue weighted by atomic mass is 35.5. The van der Waals surface area contributed by atoms with Crippen LogP contribution in [0.15, 0.2) is 119 Å². The summed E-state index contributed by atoms with van der Waals surface area (Å²) in [6, 6.07) is 40.6. The lowest BCUT2D eigenvalue weighted by Crippen LogP contribution is -2.31. The zero-order valence-electron chi connectivity index (χ0n) is 18.6. The van der Waals surface area contributed by atoms with Gasteiger partial charge in [0.25, 0.3) is 0 Å². The summed E-state index contributed by atoms with van der Waals surface area (Å²) in [6.45, 7) is 0. The van der Waals surface area contributed by atoms with E-state index >= 15 is 0 Å². The summed E-state index contributed by atoms with van der Waals surface area (Å²) in [5.41, 5.74) is 10.0. The molecule has 2 aliphatic rings. The molecule has 0 radical (unpaired) electrons. The van der Waals surface area contributed by atoms with Crippen molar-refractivity contribution in [1.82, 2.24) is 0 Å². The van der Waals surface area contributed by atoms with Gasteiger partial charge in [0, 0.05) is 14.8 Å². The fourth-order valence-electron chi connectivity index (χ4n) is 5.88. The summed E-state index contributed by atoms with van der Waals surface area (Å²) in [7, 11) is 0. The Bertz CT molecular complexity index is 1650. The van der Waals surface area contributed by atoms with Crippen LogP contribution in [0, 0.1) is 11.3 Å². The van der Waals surface area contributed by atoms with E-state index in [0.29, 0.717) is 5.56 Å². The maximum absolute atomic E-state index is 9.30. The number of halogens is 1. The van der Waals surface area contributed by atoms with Crippen LogP contribution in [0.4, 0.5) is 0 Å². The molecule has 1 nitrogen and oxygen atoms in total. The maximum atomic E-state index is 9.30. The van der Waals surface area contributed by atoms with Gasteiger partial charge in [-0.05, 0) is 80.9 Å². The summed E-state index contributed by atoms with van der Waals surface area (Å²) >= 11 is 8.52. The molecule has 0 atom stereocenters. The van der Waals surface area contributed by atoms with Gasteiger partial charge in [-0.3, -0.25) is 0 Å². The predicted molar refractivity (Wildman–Crippen MR) is 143 cm³/mol. The molecule has 1 aliphatic heterocycles. The molecule has 35 heavy (non-hydrogen) atoms. The first-order valence-electron chi connectivity index (χ1n) is 11.5. The van der Waals surface area contributed by atoms with Crippen molar-refractivity contribution in [3.63, 3.8) is 0 Å². The highest BCUT2D eigenvalue weighted by Gasteiger charge is 2.50. The minimum atomic E-state index is -0.448. The number of nitrogens with zero attached hydrogens (tertiary/aromatic N) is 1. The topological polar surface area (TPSA) is 23.8 Å². The van der Waals surface area contributed by atoms with Crippen molar-refractivity contribution in [3.05, 3.63) is 142 Å². The third-order valence-corrected chi connectivity index (χ3v) is 8.64. The Balaban J connectivity index is 1.64. The van der Waals surface area contributed by atoms with Crippen molar-refractivity contribution >= 4 is 23.4 Å². The summed E-state index contributed by atoms with van der Waals surface area (Å²) in [5, 5.41) is 10.0. The van der Waals surface area contributed by atoms with Crippen LogP contribution >= 0.6 is 23.4 Å². The smallest absolute Gasteiger partial charge is 0.0991 e. The lowest BCUT2D eigenvalue weighted by molar-refractivity contribution is 0.722. The second-order valence-corrected chi connectivity index (χ2v) is 10.5. The minimum absolute atomic E-state index is 0.448. The van der Waals surface area contributed by atoms with Crippen LogP contribution < -0.4 is 0 Å². The molecule has 0 fully saturated rings. The molecule has 0 N–H and O–H groups in total. The molecule has 1 spiro atoms. The monoisotopic (exact) mass is 483 g/mol. The van der Waals surface area contributed by atoms with Gasteiger partial charge in [0.05, 0.1) is 17.0 Å². The van der Waals surface area contributed by atoms with Crippen molar-refractivity contribution in [2.45, 2.75) is 15.2 Å². The first-order valence-corrected chi connectivity index (χ1v) is 12.7. The van der Waals surface area contributed by atoms with E-state index in [-0.39, 0.29) is 0 Å². The van der Waals surface area contributed by atoms with Crippen LogP contribution in [0.25, 0.3) is 22.3 Å². The summed E-state index contributed by atoms with van der Waals surface area (Å²) in [6.07, 6.45) is 0. The Kier molecular flexibility index (Phi) is 4.48. The number of benzene rings is 5. The summed E-state index contributed by atoms with van der Waals surface area (Å²) in [4.78, 5) is 2.54. The van der Waals surface area contributed by atoms with Gasteiger partial charge in [-0.2, -0.15) is 5.26 Å². The van der Waals surface area contributed by atoms with E-state index in [1.807, 2.05) is 42.1 Å². The predicted octanol–water partition coefficient (Wildman–Crippen LogP) is 8.71. The van der Waals surface area contributed by atoms with Gasteiger partial charge in [0.1, 0.15) is 0 Å². The quantitative estimate of drug-likeness (QED) is 0.233. The number of hydrogen-bond acceptors (Lipinski definition) is 2. The number of nitriles is 1. The van der Waals surface area contributed by atoms with E-state index in [1.54, 1.807) is 0 Å². The SMILES string of the molecule is N#Cc1ccc(-c2cccc3c2-c2ccc(Cl)cc2C32c3ccccc3Sc3ccccc32)cc1. The van der Waals surface area contributed by atoms with E-state index in [0.717, 1.165) is 10.6 Å². The molecule has 7 rings (SSSR count).